The van der Waals surface area contributed by atoms with Crippen molar-refractivity contribution in [2.45, 2.75) is 51.5 Å². The lowest BCUT2D eigenvalue weighted by Crippen LogP contribution is -2.49. The number of carbonyl (C=O) groups excluding carboxylic acids is 1. The number of carboxylic acids is 1. The van der Waals surface area contributed by atoms with Crippen molar-refractivity contribution in [2.24, 2.45) is 23.3 Å². The number of hydrogen-bond donors (Lipinski definition) is 6. The quantitative estimate of drug-likeness (QED) is 0.260. The summed E-state index contributed by atoms with van der Waals surface area (Å²) in [4.78, 5) is 22.9. The maximum atomic E-state index is 11.9. The van der Waals surface area contributed by atoms with Crippen LogP contribution in [0.5, 0.6) is 0 Å². The predicted octanol–water partition coefficient (Wildman–Crippen LogP) is -1.24. The van der Waals surface area contributed by atoms with Crippen LogP contribution >= 0.6 is 0 Å². The van der Waals surface area contributed by atoms with E-state index in [0.29, 0.717) is 12.8 Å². The number of nitrogens with one attached hydrogen (secondary N) is 1. The largest absolute Gasteiger partial charge is 0.480 e. The fourth-order valence-corrected chi connectivity index (χ4v) is 2.03. The molecule has 1 amide bonds. The standard InChI is InChI=1S/C13H28BN3O5/c1-3-8(2)10(15)12(18)17-7-9(11(16)13(19)20)5-4-6-14(21)22/h8-11,21-22H,3-7,15-16H2,1-2H3,(H,17,18)(H,19,20)/t8-,9-,10-,11-/m0/s1. The summed E-state index contributed by atoms with van der Waals surface area (Å²) in [6.45, 7) is 3.90. The summed E-state index contributed by atoms with van der Waals surface area (Å²) in [6.07, 6.45) is 1.66. The molecule has 0 saturated heterocycles. The highest BCUT2D eigenvalue weighted by Gasteiger charge is 2.26. The molecule has 0 saturated carbocycles. The molecule has 9 heteroatoms. The third-order valence-electron chi connectivity index (χ3n) is 3.93. The zero-order chi connectivity index (χ0) is 17.3. The zero-order valence-corrected chi connectivity index (χ0v) is 13.2. The highest BCUT2D eigenvalue weighted by atomic mass is 16.4. The molecule has 0 rings (SSSR count). The summed E-state index contributed by atoms with van der Waals surface area (Å²) in [5.41, 5.74) is 11.4. The molecule has 128 valence electrons. The molecule has 0 aliphatic rings. The van der Waals surface area contributed by atoms with Crippen LogP contribution in [0.3, 0.4) is 0 Å². The first-order chi connectivity index (χ1) is 10.2. The normalized spacial score (nSPS) is 16.5. The third kappa shape index (κ3) is 7.74. The Hall–Kier alpha value is -1.16. The Morgan fingerprint density at radius 2 is 1.82 bits per heavy atom. The number of hydrogen-bond acceptors (Lipinski definition) is 6. The molecule has 0 spiro atoms. The van der Waals surface area contributed by atoms with Gasteiger partial charge >= 0.3 is 13.1 Å². The Morgan fingerprint density at radius 3 is 2.27 bits per heavy atom. The lowest BCUT2D eigenvalue weighted by Gasteiger charge is -2.23. The summed E-state index contributed by atoms with van der Waals surface area (Å²) in [6, 6.07) is -1.78. The average molecular weight is 317 g/mol. The molecule has 0 radical (unpaired) electrons. The molecular formula is C13H28BN3O5. The van der Waals surface area contributed by atoms with Crippen LogP contribution in [0.2, 0.25) is 6.32 Å². The molecule has 0 bridgehead atoms. The van der Waals surface area contributed by atoms with Gasteiger partial charge in [0.25, 0.3) is 0 Å². The van der Waals surface area contributed by atoms with Gasteiger partial charge in [0.05, 0.1) is 6.04 Å². The Bertz CT molecular complexity index is 357. The zero-order valence-electron chi connectivity index (χ0n) is 13.2. The van der Waals surface area contributed by atoms with E-state index in [2.05, 4.69) is 5.32 Å². The number of nitrogens with two attached hydrogens (primary N) is 2. The topological polar surface area (TPSA) is 159 Å². The van der Waals surface area contributed by atoms with Crippen molar-refractivity contribution in [1.29, 1.82) is 0 Å². The van der Waals surface area contributed by atoms with E-state index in [-0.39, 0.29) is 24.7 Å². The summed E-state index contributed by atoms with van der Waals surface area (Å²) in [5.74, 6) is -1.96. The van der Waals surface area contributed by atoms with E-state index in [0.717, 1.165) is 6.42 Å². The Labute approximate surface area is 131 Å². The fraction of sp³-hybridized carbons (Fsp3) is 0.846. The van der Waals surface area contributed by atoms with Gasteiger partial charge in [0.2, 0.25) is 5.91 Å². The van der Waals surface area contributed by atoms with Crippen LogP contribution in [-0.2, 0) is 9.59 Å². The smallest absolute Gasteiger partial charge is 0.451 e. The molecule has 8 N–H and O–H groups in total. The maximum Gasteiger partial charge on any atom is 0.451 e. The molecular weight excluding hydrogens is 289 g/mol. The number of aliphatic carboxylic acids is 1. The van der Waals surface area contributed by atoms with Crippen molar-refractivity contribution in [2.75, 3.05) is 6.54 Å². The molecule has 0 aliphatic heterocycles. The minimum atomic E-state index is -1.44. The monoisotopic (exact) mass is 317 g/mol. The molecule has 0 heterocycles. The van der Waals surface area contributed by atoms with E-state index < -0.39 is 31.1 Å². The number of carboxylic acid groups (broad SMARTS) is 1. The van der Waals surface area contributed by atoms with Crippen LogP contribution in [-0.4, -0.2) is 52.8 Å². The highest BCUT2D eigenvalue weighted by molar-refractivity contribution is 6.40. The van der Waals surface area contributed by atoms with Crippen molar-refractivity contribution in [3.8, 4) is 0 Å². The maximum absolute atomic E-state index is 11.9. The molecule has 8 nitrogen and oxygen atoms in total. The van der Waals surface area contributed by atoms with Gasteiger partial charge in [-0.15, -0.1) is 0 Å². The summed E-state index contributed by atoms with van der Waals surface area (Å²) in [5, 5.41) is 29.3. The van der Waals surface area contributed by atoms with Gasteiger partial charge in [0, 0.05) is 12.5 Å². The first-order valence-electron chi connectivity index (χ1n) is 7.58. The van der Waals surface area contributed by atoms with Crippen LogP contribution in [0.1, 0.15) is 33.1 Å². The van der Waals surface area contributed by atoms with E-state index in [1.54, 1.807) is 0 Å². The van der Waals surface area contributed by atoms with Gasteiger partial charge in [-0.1, -0.05) is 26.7 Å². The molecule has 0 aliphatic carbocycles. The lowest BCUT2D eigenvalue weighted by atomic mass is 9.81. The fourth-order valence-electron chi connectivity index (χ4n) is 2.03. The summed E-state index contributed by atoms with van der Waals surface area (Å²) in [7, 11) is -1.44. The summed E-state index contributed by atoms with van der Waals surface area (Å²) < 4.78 is 0. The van der Waals surface area contributed by atoms with Crippen LogP contribution in [0, 0.1) is 11.8 Å². The van der Waals surface area contributed by atoms with E-state index >= 15 is 0 Å². The van der Waals surface area contributed by atoms with Crippen molar-refractivity contribution >= 4 is 19.0 Å². The van der Waals surface area contributed by atoms with Crippen LogP contribution in [0.15, 0.2) is 0 Å². The molecule has 0 aromatic heterocycles. The molecule has 4 atom stereocenters. The van der Waals surface area contributed by atoms with Crippen molar-refractivity contribution < 1.29 is 24.7 Å². The van der Waals surface area contributed by atoms with E-state index in [1.165, 1.54) is 0 Å². The first-order valence-corrected chi connectivity index (χ1v) is 7.58. The van der Waals surface area contributed by atoms with E-state index in [9.17, 15) is 9.59 Å². The number of carbonyl (C=O) groups is 2. The second kappa shape index (κ2) is 10.6. The van der Waals surface area contributed by atoms with Crippen molar-refractivity contribution in [1.82, 2.24) is 5.32 Å². The first kappa shape index (κ1) is 20.8. The second-order valence-corrected chi connectivity index (χ2v) is 5.69. The number of rotatable bonds is 11. The van der Waals surface area contributed by atoms with Gasteiger partial charge in [-0.3, -0.25) is 9.59 Å². The predicted molar refractivity (Wildman–Crippen MR) is 83.8 cm³/mol. The van der Waals surface area contributed by atoms with E-state index in [4.69, 9.17) is 26.6 Å². The SMILES string of the molecule is CC[C@H](C)[C@H](N)C(=O)NC[C@H](CCCB(O)O)[C@H](N)C(=O)O. The minimum Gasteiger partial charge on any atom is -0.480 e. The third-order valence-corrected chi connectivity index (χ3v) is 3.93. The molecule has 0 fully saturated rings. The Kier molecular flexibility index (Phi) is 10.00. The molecule has 22 heavy (non-hydrogen) atoms. The molecule has 0 unspecified atom stereocenters. The highest BCUT2D eigenvalue weighted by Crippen LogP contribution is 2.13. The van der Waals surface area contributed by atoms with Crippen molar-refractivity contribution in [3.05, 3.63) is 0 Å². The van der Waals surface area contributed by atoms with Crippen LogP contribution in [0.4, 0.5) is 0 Å². The van der Waals surface area contributed by atoms with Gasteiger partial charge in [-0.05, 0) is 18.7 Å². The molecule has 0 aromatic rings. The van der Waals surface area contributed by atoms with Crippen molar-refractivity contribution in [3.63, 3.8) is 0 Å². The summed E-state index contributed by atoms with van der Waals surface area (Å²) >= 11 is 0. The van der Waals surface area contributed by atoms with Gasteiger partial charge in [0.15, 0.2) is 0 Å². The lowest BCUT2D eigenvalue weighted by molar-refractivity contribution is -0.140. The number of amides is 1. The second-order valence-electron chi connectivity index (χ2n) is 5.69. The minimum absolute atomic E-state index is 0.0242. The Morgan fingerprint density at radius 1 is 1.23 bits per heavy atom. The van der Waals surface area contributed by atoms with Gasteiger partial charge < -0.3 is 31.9 Å². The van der Waals surface area contributed by atoms with Crippen LogP contribution in [0.25, 0.3) is 0 Å². The van der Waals surface area contributed by atoms with Gasteiger partial charge in [-0.2, -0.15) is 0 Å². The van der Waals surface area contributed by atoms with Gasteiger partial charge in [-0.25, -0.2) is 0 Å². The molecule has 0 aromatic carbocycles. The average Bonchev–Trinajstić information content (AvgIpc) is 2.47. The van der Waals surface area contributed by atoms with Crippen LogP contribution < -0.4 is 16.8 Å². The van der Waals surface area contributed by atoms with Gasteiger partial charge in [0.1, 0.15) is 6.04 Å². The Balaban J connectivity index is 4.51. The van der Waals surface area contributed by atoms with E-state index in [1.807, 2.05) is 13.8 Å².